The van der Waals surface area contributed by atoms with Crippen molar-refractivity contribution < 1.29 is 18.1 Å². The van der Waals surface area contributed by atoms with E-state index in [1.165, 1.54) is 17.0 Å². The lowest BCUT2D eigenvalue weighted by molar-refractivity contribution is -0.899. The molecule has 0 amide bonds. The maximum Gasteiger partial charge on any atom is 0.416 e. The highest BCUT2D eigenvalue weighted by atomic mass is 19.4. The molecule has 1 fully saturated rings. The van der Waals surface area contributed by atoms with Crippen LogP contribution in [-0.4, -0.2) is 25.3 Å². The van der Waals surface area contributed by atoms with Gasteiger partial charge in [-0.15, -0.1) is 0 Å². The monoisotopic (exact) mass is 412 g/mol. The Morgan fingerprint density at radius 1 is 1.23 bits per heavy atom. The summed E-state index contributed by atoms with van der Waals surface area (Å²) < 4.78 is 40.0. The van der Waals surface area contributed by atoms with Crippen molar-refractivity contribution in [2.45, 2.75) is 25.4 Å². The highest BCUT2D eigenvalue weighted by Crippen LogP contribution is 2.52. The lowest BCUT2D eigenvalue weighted by Gasteiger charge is -2.46. The molecule has 2 unspecified atom stereocenters. The number of rotatable bonds is 3. The van der Waals surface area contributed by atoms with E-state index in [-0.39, 0.29) is 11.3 Å². The van der Waals surface area contributed by atoms with Gasteiger partial charge in [0.25, 0.3) is 0 Å². The fraction of sp³-hybridized carbons (Fsp3) is 0.455. The Kier molecular flexibility index (Phi) is 5.70. The lowest BCUT2D eigenvalue weighted by atomic mass is 9.54. The fourth-order valence-electron chi connectivity index (χ4n) is 4.80. The van der Waals surface area contributed by atoms with E-state index >= 15 is 0 Å². The topological polar surface area (TPSA) is 99.7 Å². The molecule has 1 aromatic carbocycles. The number of fused-ring (bicyclic) bond motifs is 1. The summed E-state index contributed by atoms with van der Waals surface area (Å²) in [5, 5.41) is 38.2. The maximum absolute atomic E-state index is 13.3. The predicted octanol–water partition coefficient (Wildman–Crippen LogP) is 2.85. The standard InChI is InChI=1S/C22H20F3N5/c1-2-7-30-8-6-16-17(10-26)20(29)21(12-27,13-28)19(18(16)11-30)14-4-3-5-15(9-14)22(23,24)25/h3-6,9,17-19,29H,2,7-8,11H2,1H3/p+1/t17?,18-,19+/m0/s1. The van der Waals surface area contributed by atoms with Crippen LogP contribution in [0.4, 0.5) is 13.2 Å². The normalized spacial score (nSPS) is 27.8. The molecule has 4 atom stereocenters. The molecule has 0 bridgehead atoms. The maximum atomic E-state index is 13.3. The zero-order valence-corrected chi connectivity index (χ0v) is 16.4. The van der Waals surface area contributed by atoms with E-state index in [0.717, 1.165) is 25.1 Å². The van der Waals surface area contributed by atoms with Crippen LogP contribution in [0.5, 0.6) is 0 Å². The van der Waals surface area contributed by atoms with E-state index in [0.29, 0.717) is 18.7 Å². The first-order valence-electron chi connectivity index (χ1n) is 9.75. The first kappa shape index (κ1) is 21.6. The summed E-state index contributed by atoms with van der Waals surface area (Å²) in [5.41, 5.74) is -2.37. The predicted molar refractivity (Wildman–Crippen MR) is 102 cm³/mol. The molecule has 3 rings (SSSR count). The van der Waals surface area contributed by atoms with Crippen LogP contribution in [0.2, 0.25) is 0 Å². The van der Waals surface area contributed by atoms with Crippen LogP contribution in [0.15, 0.2) is 35.9 Å². The van der Waals surface area contributed by atoms with E-state index in [2.05, 4.69) is 0 Å². The van der Waals surface area contributed by atoms with Crippen LogP contribution < -0.4 is 4.90 Å². The Hall–Kier alpha value is -3.15. The molecule has 154 valence electrons. The molecule has 5 nitrogen and oxygen atoms in total. The molecular weight excluding hydrogens is 391 g/mol. The Balaban J connectivity index is 2.24. The third-order valence-corrected chi connectivity index (χ3v) is 6.14. The summed E-state index contributed by atoms with van der Waals surface area (Å²) in [6.45, 7) is 4.00. The average molecular weight is 412 g/mol. The van der Waals surface area contributed by atoms with Crippen LogP contribution >= 0.6 is 0 Å². The third-order valence-electron chi connectivity index (χ3n) is 6.14. The fourth-order valence-corrected chi connectivity index (χ4v) is 4.80. The van der Waals surface area contributed by atoms with Gasteiger partial charge in [-0.3, -0.25) is 0 Å². The molecule has 0 saturated heterocycles. The van der Waals surface area contributed by atoms with Crippen LogP contribution in [0.3, 0.4) is 0 Å². The van der Waals surface area contributed by atoms with Gasteiger partial charge < -0.3 is 10.3 Å². The molecule has 1 aromatic rings. The second-order valence-corrected chi connectivity index (χ2v) is 7.83. The molecule has 2 aliphatic rings. The van der Waals surface area contributed by atoms with Gasteiger partial charge in [0.2, 0.25) is 0 Å². The van der Waals surface area contributed by atoms with Crippen molar-refractivity contribution in [3.05, 3.63) is 47.0 Å². The van der Waals surface area contributed by atoms with Crippen LogP contribution in [0.1, 0.15) is 30.4 Å². The second kappa shape index (κ2) is 7.94. The molecule has 2 N–H and O–H groups in total. The lowest BCUT2D eigenvalue weighted by Crippen LogP contribution is -3.13. The Bertz CT molecular complexity index is 991. The van der Waals surface area contributed by atoms with E-state index in [1.54, 1.807) is 0 Å². The van der Waals surface area contributed by atoms with Crippen LogP contribution in [-0.2, 0) is 6.18 Å². The number of hydrogen-bond donors (Lipinski definition) is 2. The summed E-state index contributed by atoms with van der Waals surface area (Å²) in [6, 6.07) is 10.5. The van der Waals surface area contributed by atoms with Crippen molar-refractivity contribution in [2.75, 3.05) is 19.6 Å². The highest BCUT2D eigenvalue weighted by molar-refractivity contribution is 6.00. The minimum Gasteiger partial charge on any atom is -0.331 e. The first-order chi connectivity index (χ1) is 14.2. The van der Waals surface area contributed by atoms with Gasteiger partial charge in [0.05, 0.1) is 49.1 Å². The van der Waals surface area contributed by atoms with Gasteiger partial charge in [-0.1, -0.05) is 25.1 Å². The Labute approximate surface area is 173 Å². The molecule has 0 aromatic heterocycles. The molecule has 30 heavy (non-hydrogen) atoms. The van der Waals surface area contributed by atoms with Crippen molar-refractivity contribution in [1.82, 2.24) is 0 Å². The first-order valence-corrected chi connectivity index (χ1v) is 9.75. The van der Waals surface area contributed by atoms with Crippen molar-refractivity contribution >= 4 is 5.71 Å². The summed E-state index contributed by atoms with van der Waals surface area (Å²) in [7, 11) is 0. The molecular formula is C22H21F3N5+. The zero-order valence-electron chi connectivity index (χ0n) is 16.4. The number of halogens is 3. The number of nitrogens with one attached hydrogen (secondary N) is 2. The van der Waals surface area contributed by atoms with Gasteiger partial charge >= 0.3 is 6.18 Å². The number of nitrogens with zero attached hydrogens (tertiary/aromatic N) is 3. The van der Waals surface area contributed by atoms with Crippen LogP contribution in [0, 0.1) is 56.7 Å². The molecule has 1 aliphatic heterocycles. The van der Waals surface area contributed by atoms with Crippen molar-refractivity contribution in [1.29, 1.82) is 21.2 Å². The Morgan fingerprint density at radius 2 is 1.93 bits per heavy atom. The third kappa shape index (κ3) is 3.36. The van der Waals surface area contributed by atoms with E-state index in [9.17, 15) is 29.0 Å². The number of quaternary nitrogens is 1. The minimum absolute atomic E-state index is 0.197. The molecule has 1 aliphatic carbocycles. The summed E-state index contributed by atoms with van der Waals surface area (Å²) in [6.07, 6.45) is -1.79. The SMILES string of the molecule is CCC[NH+]1CC=C2C(C#N)C(=N)C(C#N)(C#N)[C@H](c3cccc(C(F)(F)F)c3)[C@H]2C1. The van der Waals surface area contributed by atoms with Gasteiger partial charge in [-0.05, 0) is 29.7 Å². The molecule has 1 saturated carbocycles. The quantitative estimate of drug-likeness (QED) is 0.747. The van der Waals surface area contributed by atoms with Gasteiger partial charge in [-0.2, -0.15) is 29.0 Å². The molecule has 0 radical (unpaired) electrons. The molecule has 8 heteroatoms. The zero-order chi connectivity index (χ0) is 22.1. The summed E-state index contributed by atoms with van der Waals surface area (Å²) >= 11 is 0. The number of benzene rings is 1. The van der Waals surface area contributed by atoms with E-state index in [1.807, 2.05) is 31.2 Å². The number of nitriles is 3. The van der Waals surface area contributed by atoms with Gasteiger partial charge in [0.1, 0.15) is 5.92 Å². The molecule has 1 heterocycles. The Morgan fingerprint density at radius 3 is 2.50 bits per heavy atom. The van der Waals surface area contributed by atoms with E-state index in [4.69, 9.17) is 5.41 Å². The van der Waals surface area contributed by atoms with Crippen molar-refractivity contribution in [3.63, 3.8) is 0 Å². The van der Waals surface area contributed by atoms with Gasteiger partial charge in [0, 0.05) is 11.8 Å². The second-order valence-electron chi connectivity index (χ2n) is 7.83. The highest BCUT2D eigenvalue weighted by Gasteiger charge is 2.58. The number of alkyl halides is 3. The summed E-state index contributed by atoms with van der Waals surface area (Å²) in [5.74, 6) is -2.44. The smallest absolute Gasteiger partial charge is 0.331 e. The van der Waals surface area contributed by atoms with Gasteiger partial charge in [-0.25, -0.2) is 0 Å². The van der Waals surface area contributed by atoms with Gasteiger partial charge in [0.15, 0.2) is 5.41 Å². The molecule has 0 spiro atoms. The van der Waals surface area contributed by atoms with Crippen molar-refractivity contribution in [3.8, 4) is 18.2 Å². The minimum atomic E-state index is -4.57. The van der Waals surface area contributed by atoms with Crippen molar-refractivity contribution in [2.24, 2.45) is 17.3 Å². The summed E-state index contributed by atoms with van der Waals surface area (Å²) in [4.78, 5) is 1.18. The van der Waals surface area contributed by atoms with E-state index < -0.39 is 34.9 Å². The average Bonchev–Trinajstić information content (AvgIpc) is 2.73. The number of hydrogen-bond acceptors (Lipinski definition) is 4. The van der Waals surface area contributed by atoms with Crippen LogP contribution in [0.25, 0.3) is 0 Å². The largest absolute Gasteiger partial charge is 0.416 e.